The SMILES string of the molecule is CCC.Cl.Cl.O=P(O)(O)O. The molecule has 0 saturated carbocycles. The minimum Gasteiger partial charge on any atom is -0.303 e. The summed E-state index contributed by atoms with van der Waals surface area (Å²) in [5.74, 6) is 0. The summed E-state index contributed by atoms with van der Waals surface area (Å²) in [4.78, 5) is 21.6. The van der Waals surface area contributed by atoms with E-state index in [1.54, 1.807) is 0 Å². The van der Waals surface area contributed by atoms with Crippen LogP contribution in [0.5, 0.6) is 0 Å². The third kappa shape index (κ3) is 1080. The maximum Gasteiger partial charge on any atom is 0.466 e. The van der Waals surface area contributed by atoms with Gasteiger partial charge in [-0.25, -0.2) is 4.57 Å². The first-order valence-electron chi connectivity index (χ1n) is 2.20. The van der Waals surface area contributed by atoms with Gasteiger partial charge in [-0.05, 0) is 0 Å². The molecule has 0 atom stereocenters. The maximum atomic E-state index is 8.88. The lowest BCUT2D eigenvalue weighted by molar-refractivity contribution is 0.275. The zero-order valence-electron chi connectivity index (χ0n) is 5.72. The molecule has 4 nitrogen and oxygen atoms in total. The molecule has 7 heteroatoms. The molecule has 0 fully saturated rings. The fourth-order valence-electron chi connectivity index (χ4n) is 0. The van der Waals surface area contributed by atoms with Gasteiger partial charge in [-0.15, -0.1) is 24.8 Å². The van der Waals surface area contributed by atoms with Crippen LogP contribution in [-0.2, 0) is 4.57 Å². The number of halogens is 2. The molecule has 0 bridgehead atoms. The minimum atomic E-state index is -4.64. The fourth-order valence-corrected chi connectivity index (χ4v) is 0. The molecule has 0 aromatic rings. The maximum absolute atomic E-state index is 8.88. The summed E-state index contributed by atoms with van der Waals surface area (Å²) in [6.07, 6.45) is 1.25. The van der Waals surface area contributed by atoms with E-state index in [1.807, 2.05) is 0 Å². The summed E-state index contributed by atoms with van der Waals surface area (Å²) < 4.78 is 8.88. The van der Waals surface area contributed by atoms with Gasteiger partial charge in [0.25, 0.3) is 0 Å². The first-order valence-corrected chi connectivity index (χ1v) is 3.76. The van der Waals surface area contributed by atoms with Gasteiger partial charge in [-0.2, -0.15) is 0 Å². The highest BCUT2D eigenvalue weighted by molar-refractivity contribution is 7.45. The Morgan fingerprint density at radius 2 is 1.10 bits per heavy atom. The summed E-state index contributed by atoms with van der Waals surface area (Å²) in [6, 6.07) is 0. The van der Waals surface area contributed by atoms with Gasteiger partial charge < -0.3 is 14.7 Å². The average molecular weight is 215 g/mol. The van der Waals surface area contributed by atoms with Crippen molar-refractivity contribution in [3.05, 3.63) is 0 Å². The van der Waals surface area contributed by atoms with Gasteiger partial charge in [-0.1, -0.05) is 20.3 Å². The van der Waals surface area contributed by atoms with Crippen LogP contribution in [0.1, 0.15) is 20.3 Å². The highest BCUT2D eigenvalue weighted by Crippen LogP contribution is 2.25. The second kappa shape index (κ2) is 12.4. The van der Waals surface area contributed by atoms with E-state index >= 15 is 0 Å². The second-order valence-electron chi connectivity index (χ2n) is 1.22. The Kier molecular flexibility index (Phi) is 27.8. The largest absolute Gasteiger partial charge is 0.466 e. The van der Waals surface area contributed by atoms with Crippen molar-refractivity contribution in [3.8, 4) is 0 Å². The van der Waals surface area contributed by atoms with Gasteiger partial charge in [0.1, 0.15) is 0 Å². The van der Waals surface area contributed by atoms with E-state index in [-0.39, 0.29) is 24.8 Å². The second-order valence-corrected chi connectivity index (χ2v) is 2.25. The highest BCUT2D eigenvalue weighted by atomic mass is 35.5. The Morgan fingerprint density at radius 3 is 1.10 bits per heavy atom. The zero-order chi connectivity index (χ0) is 7.21. The number of rotatable bonds is 0. The number of hydrogen-bond acceptors (Lipinski definition) is 1. The normalized spacial score (nSPS) is 7.70. The van der Waals surface area contributed by atoms with E-state index in [0.717, 1.165) is 0 Å². The Hall–Kier alpha value is 0.690. The van der Waals surface area contributed by atoms with Crippen LogP contribution in [0.2, 0.25) is 0 Å². The summed E-state index contributed by atoms with van der Waals surface area (Å²) in [5.41, 5.74) is 0. The monoisotopic (exact) mass is 214 g/mol. The molecular formula is C3H13Cl2O4P. The Labute approximate surface area is 72.7 Å². The molecule has 0 amide bonds. The quantitative estimate of drug-likeness (QED) is 0.532. The molecule has 0 spiro atoms. The van der Waals surface area contributed by atoms with Crippen LogP contribution in [0, 0.1) is 0 Å². The molecular weight excluding hydrogens is 202 g/mol. The molecule has 0 rings (SSSR count). The fraction of sp³-hybridized carbons (Fsp3) is 1.00. The van der Waals surface area contributed by atoms with E-state index in [0.29, 0.717) is 0 Å². The van der Waals surface area contributed by atoms with Crippen LogP contribution in [-0.4, -0.2) is 14.7 Å². The Morgan fingerprint density at radius 1 is 1.10 bits per heavy atom. The molecule has 0 heterocycles. The van der Waals surface area contributed by atoms with Crippen molar-refractivity contribution in [2.75, 3.05) is 0 Å². The van der Waals surface area contributed by atoms with Gasteiger partial charge in [-0.3, -0.25) is 0 Å². The van der Waals surface area contributed by atoms with Crippen LogP contribution < -0.4 is 0 Å². The van der Waals surface area contributed by atoms with Gasteiger partial charge in [0.05, 0.1) is 0 Å². The van der Waals surface area contributed by atoms with Crippen molar-refractivity contribution in [2.24, 2.45) is 0 Å². The van der Waals surface area contributed by atoms with Crippen molar-refractivity contribution in [1.29, 1.82) is 0 Å². The first kappa shape index (κ1) is 22.4. The Balaban J connectivity index is -0.0000000326. The molecule has 0 aliphatic heterocycles. The molecule has 0 saturated heterocycles. The first-order chi connectivity index (χ1) is 3.41. The number of phosphoric acid groups is 1. The van der Waals surface area contributed by atoms with Crippen molar-refractivity contribution in [1.82, 2.24) is 0 Å². The van der Waals surface area contributed by atoms with E-state index in [4.69, 9.17) is 19.2 Å². The van der Waals surface area contributed by atoms with E-state index in [9.17, 15) is 0 Å². The summed E-state index contributed by atoms with van der Waals surface area (Å²) in [7, 11) is -4.64. The minimum absolute atomic E-state index is 0. The molecule has 0 aliphatic carbocycles. The van der Waals surface area contributed by atoms with Crippen molar-refractivity contribution < 1.29 is 19.2 Å². The van der Waals surface area contributed by atoms with Gasteiger partial charge >= 0.3 is 7.82 Å². The van der Waals surface area contributed by atoms with Crippen LogP contribution in [0.25, 0.3) is 0 Å². The van der Waals surface area contributed by atoms with Crippen molar-refractivity contribution >= 4 is 32.6 Å². The molecule has 68 valence electrons. The van der Waals surface area contributed by atoms with Gasteiger partial charge in [0.2, 0.25) is 0 Å². The Bertz CT molecular complexity index is 74.3. The standard InChI is InChI=1S/C3H8.2ClH.H3O4P/c1-3-2;;;1-5(2,3)4/h3H2,1-2H3;2*1H;(H3,1,2,3,4). The summed E-state index contributed by atoms with van der Waals surface area (Å²) in [6.45, 7) is 4.25. The van der Waals surface area contributed by atoms with Gasteiger partial charge in [0.15, 0.2) is 0 Å². The predicted molar refractivity (Wildman–Crippen MR) is 44.7 cm³/mol. The molecule has 0 unspecified atom stereocenters. The molecule has 0 aromatic carbocycles. The van der Waals surface area contributed by atoms with E-state index < -0.39 is 7.82 Å². The lowest BCUT2D eigenvalue weighted by Crippen LogP contribution is -1.66. The molecule has 0 aliphatic rings. The van der Waals surface area contributed by atoms with Gasteiger partial charge in [0, 0.05) is 0 Å². The average Bonchev–Trinajstić information content (AvgIpc) is 1.27. The molecule has 3 N–H and O–H groups in total. The molecule has 10 heavy (non-hydrogen) atoms. The van der Waals surface area contributed by atoms with Crippen molar-refractivity contribution in [2.45, 2.75) is 20.3 Å². The topological polar surface area (TPSA) is 77.8 Å². The summed E-state index contributed by atoms with van der Waals surface area (Å²) >= 11 is 0. The lowest BCUT2D eigenvalue weighted by Gasteiger charge is -1.82. The van der Waals surface area contributed by atoms with Crippen molar-refractivity contribution in [3.63, 3.8) is 0 Å². The molecule has 0 radical (unpaired) electrons. The zero-order valence-corrected chi connectivity index (χ0v) is 8.25. The smallest absolute Gasteiger partial charge is 0.303 e. The number of hydrogen-bond donors (Lipinski definition) is 3. The van der Waals surface area contributed by atoms with E-state index in [2.05, 4.69) is 13.8 Å². The molecule has 0 aromatic heterocycles. The summed E-state index contributed by atoms with van der Waals surface area (Å²) in [5, 5.41) is 0. The van der Waals surface area contributed by atoms with Crippen LogP contribution in [0.4, 0.5) is 0 Å². The predicted octanol–water partition coefficient (Wildman–Crippen LogP) is 1.33. The van der Waals surface area contributed by atoms with E-state index in [1.165, 1.54) is 6.42 Å². The van der Waals surface area contributed by atoms with Crippen LogP contribution in [0.15, 0.2) is 0 Å². The lowest BCUT2D eigenvalue weighted by atomic mass is 10.6. The third-order valence-corrected chi connectivity index (χ3v) is 0. The van der Waals surface area contributed by atoms with Crippen LogP contribution >= 0.6 is 32.6 Å². The van der Waals surface area contributed by atoms with Crippen LogP contribution in [0.3, 0.4) is 0 Å². The highest BCUT2D eigenvalue weighted by Gasteiger charge is 2.00. The third-order valence-electron chi connectivity index (χ3n) is 0.